The number of hydrogen-bond donors (Lipinski definition) is 0. The highest BCUT2D eigenvalue weighted by atomic mass is 16.5. The lowest BCUT2D eigenvalue weighted by atomic mass is 10.2. The van der Waals surface area contributed by atoms with Gasteiger partial charge in [-0.15, -0.1) is 0 Å². The largest absolute Gasteiger partial charge is 0.633 e. The summed E-state index contributed by atoms with van der Waals surface area (Å²) in [5.74, 6) is 0. The lowest BCUT2D eigenvalue weighted by Crippen LogP contribution is -2.43. The second-order valence-electron chi connectivity index (χ2n) is 4.39. The van der Waals surface area contributed by atoms with Crippen molar-refractivity contribution < 1.29 is 4.65 Å². The fourth-order valence-electron chi connectivity index (χ4n) is 1.83. The van der Waals surface area contributed by atoms with E-state index >= 15 is 0 Å². The number of hydrogen-bond acceptors (Lipinski definition) is 1. The van der Waals surface area contributed by atoms with Crippen LogP contribution in [0.2, 0.25) is 0 Å². The predicted octanol–water partition coefficient (Wildman–Crippen LogP) is 3.87. The van der Waals surface area contributed by atoms with Crippen molar-refractivity contribution in [2.24, 2.45) is 0 Å². The van der Waals surface area contributed by atoms with E-state index in [2.05, 4.69) is 20.4 Å². The molecule has 0 heterocycles. The van der Waals surface area contributed by atoms with E-state index < -0.39 is 0 Å². The molecule has 0 unspecified atom stereocenters. The molecular weight excluding hydrogens is 186 g/mol. The van der Waals surface area contributed by atoms with Gasteiger partial charge in [-0.1, -0.05) is 33.3 Å². The van der Waals surface area contributed by atoms with Gasteiger partial charge in [0, 0.05) is 0 Å². The van der Waals surface area contributed by atoms with Crippen LogP contribution in [0.4, 0.5) is 0 Å². The normalized spacial score (nSPS) is 11.7. The Bertz CT molecular complexity index is 147. The minimum atomic E-state index is -0.0521. The molecule has 0 aromatic rings. The van der Waals surface area contributed by atoms with E-state index in [9.17, 15) is 5.21 Å². The number of unbranched alkanes of at least 4 members (excludes halogenated alkanes) is 4. The van der Waals surface area contributed by atoms with E-state index in [1.807, 2.05) is 0 Å². The zero-order valence-electron chi connectivity index (χ0n) is 10.5. The molecule has 90 valence electrons. The van der Waals surface area contributed by atoms with Gasteiger partial charge in [-0.2, -0.15) is 0 Å². The first kappa shape index (κ1) is 14.7. The third-order valence-corrected chi connectivity index (χ3v) is 2.80. The van der Waals surface area contributed by atoms with Gasteiger partial charge in [-0.3, -0.25) is 0 Å². The van der Waals surface area contributed by atoms with Crippen molar-refractivity contribution in [3.8, 4) is 0 Å². The quantitative estimate of drug-likeness (QED) is 0.234. The maximum Gasteiger partial charge on any atom is 0.0968 e. The summed E-state index contributed by atoms with van der Waals surface area (Å²) in [6, 6.07) is 0. The number of rotatable bonds is 10. The molecule has 0 fully saturated rings. The van der Waals surface area contributed by atoms with Gasteiger partial charge < -0.3 is 9.85 Å². The molecule has 0 radical (unpaired) electrons. The Balaban J connectivity index is 3.88. The van der Waals surface area contributed by atoms with Crippen molar-refractivity contribution in [2.45, 2.75) is 52.4 Å². The van der Waals surface area contributed by atoms with Gasteiger partial charge in [-0.25, -0.2) is 0 Å². The highest BCUT2D eigenvalue weighted by Gasteiger charge is 2.13. The van der Waals surface area contributed by atoms with E-state index in [1.54, 1.807) is 6.08 Å². The Morgan fingerprint density at radius 2 is 1.47 bits per heavy atom. The van der Waals surface area contributed by atoms with Crippen LogP contribution in [0.3, 0.4) is 0 Å². The van der Waals surface area contributed by atoms with Crippen molar-refractivity contribution in [3.63, 3.8) is 0 Å². The smallest absolute Gasteiger partial charge is 0.0968 e. The molecular formula is C13H27NO. The summed E-state index contributed by atoms with van der Waals surface area (Å²) < 4.78 is -0.0521. The minimum Gasteiger partial charge on any atom is -0.633 e. The van der Waals surface area contributed by atoms with Crippen LogP contribution >= 0.6 is 0 Å². The molecule has 0 saturated carbocycles. The molecule has 0 aliphatic rings. The van der Waals surface area contributed by atoms with Crippen molar-refractivity contribution in [1.29, 1.82) is 0 Å². The van der Waals surface area contributed by atoms with Gasteiger partial charge >= 0.3 is 0 Å². The van der Waals surface area contributed by atoms with Crippen LogP contribution in [-0.4, -0.2) is 24.3 Å². The average molecular weight is 213 g/mol. The van der Waals surface area contributed by atoms with Crippen LogP contribution in [-0.2, 0) is 0 Å². The molecule has 0 aliphatic carbocycles. The lowest BCUT2D eigenvalue weighted by molar-refractivity contribution is -0.875. The molecule has 0 N–H and O–H groups in total. The van der Waals surface area contributed by atoms with E-state index in [0.29, 0.717) is 6.54 Å². The van der Waals surface area contributed by atoms with Crippen LogP contribution in [0.5, 0.6) is 0 Å². The third-order valence-electron chi connectivity index (χ3n) is 2.80. The van der Waals surface area contributed by atoms with Gasteiger partial charge in [0.15, 0.2) is 0 Å². The Hall–Kier alpha value is -0.340. The highest BCUT2D eigenvalue weighted by molar-refractivity contribution is 4.66. The van der Waals surface area contributed by atoms with Gasteiger partial charge in [-0.05, 0) is 31.8 Å². The van der Waals surface area contributed by atoms with E-state index in [-0.39, 0.29) is 4.65 Å². The maximum absolute atomic E-state index is 12.3. The SMILES string of the molecule is C=CC[N+]([O-])(CCCCC)CCCCC. The monoisotopic (exact) mass is 213 g/mol. The summed E-state index contributed by atoms with van der Waals surface area (Å²) in [4.78, 5) is 0. The first-order valence-electron chi connectivity index (χ1n) is 6.36. The van der Waals surface area contributed by atoms with Crippen molar-refractivity contribution in [2.75, 3.05) is 19.6 Å². The molecule has 0 atom stereocenters. The fourth-order valence-corrected chi connectivity index (χ4v) is 1.83. The second-order valence-corrected chi connectivity index (χ2v) is 4.39. The Labute approximate surface area is 95.1 Å². The third kappa shape index (κ3) is 7.57. The summed E-state index contributed by atoms with van der Waals surface area (Å²) in [6.07, 6.45) is 8.59. The molecule has 0 saturated heterocycles. The summed E-state index contributed by atoms with van der Waals surface area (Å²) >= 11 is 0. The van der Waals surface area contributed by atoms with Gasteiger partial charge in [0.05, 0.1) is 19.6 Å². The number of nitrogens with zero attached hydrogens (tertiary/aromatic N) is 1. The number of quaternary nitrogens is 1. The number of hydroxylamine groups is 3. The molecule has 2 nitrogen and oxygen atoms in total. The Morgan fingerprint density at radius 3 is 1.80 bits per heavy atom. The summed E-state index contributed by atoms with van der Waals surface area (Å²) in [5.41, 5.74) is 0. The topological polar surface area (TPSA) is 23.1 Å². The zero-order valence-corrected chi connectivity index (χ0v) is 10.5. The van der Waals surface area contributed by atoms with Crippen LogP contribution in [0.15, 0.2) is 12.7 Å². The second kappa shape index (κ2) is 8.93. The van der Waals surface area contributed by atoms with Crippen molar-refractivity contribution in [1.82, 2.24) is 0 Å². The maximum atomic E-state index is 12.3. The minimum absolute atomic E-state index is 0.0521. The summed E-state index contributed by atoms with van der Waals surface area (Å²) in [6.45, 7) is 10.1. The molecule has 0 aromatic carbocycles. The van der Waals surface area contributed by atoms with Crippen molar-refractivity contribution in [3.05, 3.63) is 17.9 Å². The van der Waals surface area contributed by atoms with E-state index in [0.717, 1.165) is 25.9 Å². The molecule has 0 amide bonds. The average Bonchev–Trinajstić information content (AvgIpc) is 2.19. The molecule has 2 heteroatoms. The van der Waals surface area contributed by atoms with Crippen LogP contribution in [0.25, 0.3) is 0 Å². The van der Waals surface area contributed by atoms with E-state index in [1.165, 1.54) is 25.7 Å². The Morgan fingerprint density at radius 1 is 1.00 bits per heavy atom. The highest BCUT2D eigenvalue weighted by Crippen LogP contribution is 2.11. The zero-order chi connectivity index (χ0) is 11.6. The molecule has 0 aromatic heterocycles. The van der Waals surface area contributed by atoms with Crippen LogP contribution < -0.4 is 0 Å². The molecule has 0 rings (SSSR count). The standard InChI is InChI=1S/C13H27NO/c1-4-7-9-12-14(15,11-6-3)13-10-8-5-2/h6H,3-5,7-13H2,1-2H3. The van der Waals surface area contributed by atoms with Crippen LogP contribution in [0.1, 0.15) is 52.4 Å². The van der Waals surface area contributed by atoms with Gasteiger partial charge in [0.25, 0.3) is 0 Å². The summed E-state index contributed by atoms with van der Waals surface area (Å²) in [7, 11) is 0. The first-order valence-corrected chi connectivity index (χ1v) is 6.36. The van der Waals surface area contributed by atoms with Crippen LogP contribution in [0, 0.1) is 5.21 Å². The Kier molecular flexibility index (Phi) is 8.73. The van der Waals surface area contributed by atoms with E-state index in [4.69, 9.17) is 0 Å². The molecule has 15 heavy (non-hydrogen) atoms. The first-order chi connectivity index (χ1) is 7.18. The molecule has 0 spiro atoms. The van der Waals surface area contributed by atoms with Gasteiger partial charge in [0.2, 0.25) is 0 Å². The van der Waals surface area contributed by atoms with Crippen molar-refractivity contribution >= 4 is 0 Å². The fraction of sp³-hybridized carbons (Fsp3) is 0.846. The predicted molar refractivity (Wildman–Crippen MR) is 67.5 cm³/mol. The molecule has 0 bridgehead atoms. The molecule has 0 aliphatic heterocycles. The summed E-state index contributed by atoms with van der Waals surface area (Å²) in [5, 5.41) is 12.3. The lowest BCUT2D eigenvalue weighted by Gasteiger charge is -2.42. The van der Waals surface area contributed by atoms with Gasteiger partial charge in [0.1, 0.15) is 0 Å².